The van der Waals surface area contributed by atoms with Crippen molar-refractivity contribution in [2.24, 2.45) is 12.0 Å². The SMILES string of the molecule is CCCCc1ccc2c(c1)sc(=NC(=O)c1ccc(S(=O)(=O)N3CCOCC3)cc1)n2C. The number of carbonyl (C=O) groups is 1. The molecule has 0 radical (unpaired) electrons. The number of hydrogen-bond acceptors (Lipinski definition) is 5. The molecule has 0 spiro atoms. The molecule has 3 aromatic rings. The molecular formula is C23H27N3O4S2. The van der Waals surface area contributed by atoms with Crippen LogP contribution in [0.5, 0.6) is 0 Å². The summed E-state index contributed by atoms with van der Waals surface area (Å²) in [6, 6.07) is 12.4. The fraction of sp³-hybridized carbons (Fsp3) is 0.391. The van der Waals surface area contributed by atoms with Crippen LogP contribution in [0, 0.1) is 0 Å². The Kier molecular flexibility index (Phi) is 6.90. The third kappa shape index (κ3) is 4.71. The van der Waals surface area contributed by atoms with E-state index < -0.39 is 15.9 Å². The number of nitrogens with zero attached hydrogens (tertiary/aromatic N) is 3. The number of hydrogen-bond donors (Lipinski definition) is 0. The number of fused-ring (bicyclic) bond motifs is 1. The number of benzene rings is 2. The predicted molar refractivity (Wildman–Crippen MR) is 125 cm³/mol. The van der Waals surface area contributed by atoms with Gasteiger partial charge in [-0.15, -0.1) is 0 Å². The molecule has 4 rings (SSSR count). The van der Waals surface area contributed by atoms with Gasteiger partial charge in [0.05, 0.1) is 28.3 Å². The number of sulfonamides is 1. The van der Waals surface area contributed by atoms with Crippen LogP contribution < -0.4 is 4.80 Å². The molecule has 0 bridgehead atoms. The molecule has 9 heteroatoms. The summed E-state index contributed by atoms with van der Waals surface area (Å²) in [5, 5.41) is 0. The number of aryl methyl sites for hydroxylation is 2. The number of amides is 1. The molecule has 1 aromatic heterocycles. The van der Waals surface area contributed by atoms with Crippen molar-refractivity contribution >= 4 is 37.5 Å². The van der Waals surface area contributed by atoms with Crippen molar-refractivity contribution in [3.05, 3.63) is 58.4 Å². The third-order valence-corrected chi connectivity index (χ3v) is 8.61. The molecular weight excluding hydrogens is 446 g/mol. The van der Waals surface area contributed by atoms with Crippen molar-refractivity contribution in [2.45, 2.75) is 31.1 Å². The Morgan fingerprint density at radius 1 is 1.12 bits per heavy atom. The first-order chi connectivity index (χ1) is 15.4. The molecule has 0 saturated carbocycles. The van der Waals surface area contributed by atoms with Crippen molar-refractivity contribution < 1.29 is 17.9 Å². The summed E-state index contributed by atoms with van der Waals surface area (Å²) in [5.74, 6) is -0.395. The summed E-state index contributed by atoms with van der Waals surface area (Å²) in [4.78, 5) is 17.9. The quantitative estimate of drug-likeness (QED) is 0.550. The first-order valence-electron chi connectivity index (χ1n) is 10.8. The maximum Gasteiger partial charge on any atom is 0.279 e. The molecule has 170 valence electrons. The summed E-state index contributed by atoms with van der Waals surface area (Å²) in [5.41, 5.74) is 2.68. The van der Waals surface area contributed by atoms with E-state index in [2.05, 4.69) is 30.1 Å². The van der Waals surface area contributed by atoms with Crippen LogP contribution in [-0.2, 0) is 28.2 Å². The van der Waals surface area contributed by atoms with Crippen LogP contribution in [0.4, 0.5) is 0 Å². The summed E-state index contributed by atoms with van der Waals surface area (Å²) in [7, 11) is -1.69. The third-order valence-electron chi connectivity index (χ3n) is 5.60. The molecule has 32 heavy (non-hydrogen) atoms. The lowest BCUT2D eigenvalue weighted by Crippen LogP contribution is -2.40. The van der Waals surface area contributed by atoms with Crippen LogP contribution in [0.3, 0.4) is 0 Å². The van der Waals surface area contributed by atoms with Crippen LogP contribution in [0.1, 0.15) is 35.7 Å². The summed E-state index contributed by atoms with van der Waals surface area (Å²) in [6.45, 7) is 3.63. The largest absolute Gasteiger partial charge is 0.379 e. The molecule has 0 unspecified atom stereocenters. The minimum absolute atomic E-state index is 0.169. The van der Waals surface area contributed by atoms with Gasteiger partial charge in [0.15, 0.2) is 4.80 Å². The number of aromatic nitrogens is 1. The van der Waals surface area contributed by atoms with Gasteiger partial charge >= 0.3 is 0 Å². The lowest BCUT2D eigenvalue weighted by Gasteiger charge is -2.26. The monoisotopic (exact) mass is 473 g/mol. The smallest absolute Gasteiger partial charge is 0.279 e. The van der Waals surface area contributed by atoms with Gasteiger partial charge in [0, 0.05) is 25.7 Å². The highest BCUT2D eigenvalue weighted by atomic mass is 32.2. The second kappa shape index (κ2) is 9.66. The predicted octanol–water partition coefficient (Wildman–Crippen LogP) is 3.34. The number of carbonyl (C=O) groups excluding carboxylic acids is 1. The first kappa shape index (κ1) is 22.8. The van der Waals surface area contributed by atoms with E-state index in [4.69, 9.17) is 4.74 Å². The topological polar surface area (TPSA) is 81.0 Å². The molecule has 0 atom stereocenters. The zero-order valence-electron chi connectivity index (χ0n) is 18.3. The van der Waals surface area contributed by atoms with Crippen LogP contribution in [-0.4, -0.2) is 49.5 Å². The van der Waals surface area contributed by atoms with Gasteiger partial charge in [-0.2, -0.15) is 9.30 Å². The van der Waals surface area contributed by atoms with Gasteiger partial charge in [-0.3, -0.25) is 4.79 Å². The van der Waals surface area contributed by atoms with E-state index in [-0.39, 0.29) is 4.90 Å². The number of rotatable bonds is 6. The van der Waals surface area contributed by atoms with Gasteiger partial charge in [-0.25, -0.2) is 8.42 Å². The molecule has 1 aliphatic heterocycles. The molecule has 0 aliphatic carbocycles. The Morgan fingerprint density at radius 3 is 2.53 bits per heavy atom. The van der Waals surface area contributed by atoms with Crippen molar-refractivity contribution in [1.82, 2.24) is 8.87 Å². The van der Waals surface area contributed by atoms with E-state index in [9.17, 15) is 13.2 Å². The average Bonchev–Trinajstić information content (AvgIpc) is 3.12. The highest BCUT2D eigenvalue weighted by Gasteiger charge is 2.26. The number of thiazole rings is 1. The van der Waals surface area contributed by atoms with Crippen LogP contribution in [0.25, 0.3) is 10.2 Å². The van der Waals surface area contributed by atoms with Crippen LogP contribution >= 0.6 is 11.3 Å². The summed E-state index contributed by atoms with van der Waals surface area (Å²) < 4.78 is 35.2. The van der Waals surface area contributed by atoms with Crippen LogP contribution in [0.15, 0.2) is 52.4 Å². The van der Waals surface area contributed by atoms with Gasteiger partial charge in [-0.05, 0) is 54.8 Å². The number of unbranched alkanes of at least 4 members (excludes halogenated alkanes) is 1. The van der Waals surface area contributed by atoms with Crippen molar-refractivity contribution in [3.63, 3.8) is 0 Å². The normalized spacial score (nSPS) is 16.0. The maximum atomic E-state index is 12.8. The molecule has 2 aromatic carbocycles. The second-order valence-corrected chi connectivity index (χ2v) is 10.8. The van der Waals surface area contributed by atoms with E-state index in [0.717, 1.165) is 29.5 Å². The van der Waals surface area contributed by atoms with E-state index >= 15 is 0 Å². The molecule has 1 fully saturated rings. The van der Waals surface area contributed by atoms with Gasteiger partial charge in [0.25, 0.3) is 5.91 Å². The van der Waals surface area contributed by atoms with E-state index in [0.29, 0.717) is 36.7 Å². The molecule has 1 aliphatic rings. The molecule has 1 amide bonds. The van der Waals surface area contributed by atoms with E-state index in [1.165, 1.54) is 45.5 Å². The Labute approximate surface area is 192 Å². The zero-order valence-corrected chi connectivity index (χ0v) is 19.9. The van der Waals surface area contributed by atoms with Gasteiger partial charge in [0.2, 0.25) is 10.0 Å². The van der Waals surface area contributed by atoms with Crippen molar-refractivity contribution in [1.29, 1.82) is 0 Å². The Balaban J connectivity index is 1.58. The standard InChI is InChI=1S/C23H27N3O4S2/c1-3-4-5-17-6-11-20-21(16-17)31-23(25(20)2)24-22(27)18-7-9-19(10-8-18)32(28,29)26-12-14-30-15-13-26/h6-11,16H,3-5,12-15H2,1-2H3. The minimum atomic E-state index is -3.59. The summed E-state index contributed by atoms with van der Waals surface area (Å²) >= 11 is 1.48. The highest BCUT2D eigenvalue weighted by molar-refractivity contribution is 7.89. The van der Waals surface area contributed by atoms with Crippen LogP contribution in [0.2, 0.25) is 0 Å². The summed E-state index contributed by atoms with van der Waals surface area (Å²) in [6.07, 6.45) is 3.34. The van der Waals surface area contributed by atoms with Gasteiger partial charge in [-0.1, -0.05) is 30.7 Å². The lowest BCUT2D eigenvalue weighted by atomic mass is 10.1. The van der Waals surface area contributed by atoms with Gasteiger partial charge < -0.3 is 9.30 Å². The molecule has 0 N–H and O–H groups in total. The van der Waals surface area contributed by atoms with E-state index in [1.54, 1.807) is 0 Å². The minimum Gasteiger partial charge on any atom is -0.379 e. The highest BCUT2D eigenvalue weighted by Crippen LogP contribution is 2.21. The average molecular weight is 474 g/mol. The van der Waals surface area contributed by atoms with Crippen molar-refractivity contribution in [2.75, 3.05) is 26.3 Å². The first-order valence-corrected chi connectivity index (χ1v) is 13.0. The Morgan fingerprint density at radius 2 is 1.84 bits per heavy atom. The molecule has 7 nitrogen and oxygen atoms in total. The van der Waals surface area contributed by atoms with Gasteiger partial charge in [0.1, 0.15) is 0 Å². The molecule has 2 heterocycles. The fourth-order valence-electron chi connectivity index (χ4n) is 3.68. The zero-order chi connectivity index (χ0) is 22.7. The van der Waals surface area contributed by atoms with E-state index in [1.807, 2.05) is 11.6 Å². The number of morpholine rings is 1. The Bertz CT molecular complexity index is 1290. The number of ether oxygens (including phenoxy) is 1. The second-order valence-electron chi connectivity index (χ2n) is 7.81. The fourth-order valence-corrected chi connectivity index (χ4v) is 6.17. The van der Waals surface area contributed by atoms with Crippen molar-refractivity contribution in [3.8, 4) is 0 Å². The molecule has 1 saturated heterocycles. The lowest BCUT2D eigenvalue weighted by molar-refractivity contribution is 0.0730. The maximum absolute atomic E-state index is 12.8. The Hall–Kier alpha value is -2.33.